The summed E-state index contributed by atoms with van der Waals surface area (Å²) in [5, 5.41) is 0.474. The monoisotopic (exact) mass is 232 g/mol. The van der Waals surface area contributed by atoms with Crippen molar-refractivity contribution < 1.29 is 4.42 Å². The SMILES string of the molecule is CC(C)=c1[nH]c(=O)c(=Cc2ccco2)[nH]c1=O. The summed E-state index contributed by atoms with van der Waals surface area (Å²) in [5.41, 5.74) is 0.0903. The van der Waals surface area contributed by atoms with Gasteiger partial charge in [-0.15, -0.1) is 0 Å². The fourth-order valence-corrected chi connectivity index (χ4v) is 1.45. The van der Waals surface area contributed by atoms with Crippen molar-refractivity contribution in [2.24, 2.45) is 0 Å². The molecule has 0 atom stereocenters. The van der Waals surface area contributed by atoms with Crippen LogP contribution in [-0.2, 0) is 0 Å². The zero-order chi connectivity index (χ0) is 12.4. The topological polar surface area (TPSA) is 78.9 Å². The third-order valence-corrected chi connectivity index (χ3v) is 2.29. The van der Waals surface area contributed by atoms with Crippen LogP contribution in [-0.4, -0.2) is 9.97 Å². The van der Waals surface area contributed by atoms with E-state index in [0.29, 0.717) is 11.1 Å². The van der Waals surface area contributed by atoms with Crippen LogP contribution < -0.4 is 21.8 Å². The van der Waals surface area contributed by atoms with Crippen LogP contribution in [0, 0.1) is 0 Å². The van der Waals surface area contributed by atoms with Gasteiger partial charge in [0.15, 0.2) is 0 Å². The second-order valence-corrected chi connectivity index (χ2v) is 3.86. The van der Waals surface area contributed by atoms with E-state index in [9.17, 15) is 9.59 Å². The molecule has 0 aliphatic heterocycles. The normalized spacial score (nSPS) is 11.8. The van der Waals surface area contributed by atoms with E-state index in [1.807, 2.05) is 0 Å². The van der Waals surface area contributed by atoms with E-state index >= 15 is 0 Å². The van der Waals surface area contributed by atoms with Crippen molar-refractivity contribution in [2.75, 3.05) is 0 Å². The number of furan rings is 1. The van der Waals surface area contributed by atoms with Gasteiger partial charge in [-0.2, -0.15) is 0 Å². The molecular formula is C12H12N2O3. The number of rotatable bonds is 1. The zero-order valence-electron chi connectivity index (χ0n) is 9.53. The minimum absolute atomic E-state index is 0.176. The first-order valence-corrected chi connectivity index (χ1v) is 5.13. The fourth-order valence-electron chi connectivity index (χ4n) is 1.45. The smallest absolute Gasteiger partial charge is 0.272 e. The highest BCUT2D eigenvalue weighted by atomic mass is 16.3. The minimum atomic E-state index is -0.350. The summed E-state index contributed by atoms with van der Waals surface area (Å²) in [7, 11) is 0. The van der Waals surface area contributed by atoms with E-state index in [4.69, 9.17) is 4.42 Å². The lowest BCUT2D eigenvalue weighted by Gasteiger charge is -1.91. The molecule has 2 heterocycles. The standard InChI is InChI=1S/C12H12N2O3/c1-7(2)10-12(16)13-9(11(15)14-10)6-8-4-3-5-17-8/h3-6H,1-2H3,(H,13,16)(H,14,15). The number of aromatic amines is 2. The molecule has 0 aromatic carbocycles. The molecule has 0 spiro atoms. The summed E-state index contributed by atoms with van der Waals surface area (Å²) in [4.78, 5) is 28.5. The predicted molar refractivity (Wildman–Crippen MR) is 64.0 cm³/mol. The molecule has 5 heteroatoms. The maximum Gasteiger partial charge on any atom is 0.272 e. The minimum Gasteiger partial charge on any atom is -0.465 e. The maximum atomic E-state index is 11.7. The van der Waals surface area contributed by atoms with Crippen LogP contribution in [0.1, 0.15) is 19.6 Å². The number of aromatic nitrogens is 2. The highest BCUT2D eigenvalue weighted by Gasteiger charge is 1.97. The van der Waals surface area contributed by atoms with Crippen molar-refractivity contribution in [3.05, 3.63) is 55.6 Å². The van der Waals surface area contributed by atoms with Gasteiger partial charge < -0.3 is 14.4 Å². The van der Waals surface area contributed by atoms with Crippen LogP contribution in [0.5, 0.6) is 0 Å². The second-order valence-electron chi connectivity index (χ2n) is 3.86. The highest BCUT2D eigenvalue weighted by molar-refractivity contribution is 5.41. The lowest BCUT2D eigenvalue weighted by atomic mass is 10.3. The van der Waals surface area contributed by atoms with Crippen molar-refractivity contribution in [1.29, 1.82) is 0 Å². The second kappa shape index (κ2) is 4.29. The van der Waals surface area contributed by atoms with E-state index in [1.165, 1.54) is 12.3 Å². The van der Waals surface area contributed by atoms with Crippen molar-refractivity contribution in [3.8, 4) is 0 Å². The lowest BCUT2D eigenvalue weighted by molar-refractivity contribution is 0.556. The van der Waals surface area contributed by atoms with Crippen molar-refractivity contribution in [3.63, 3.8) is 0 Å². The van der Waals surface area contributed by atoms with Gasteiger partial charge in [0.05, 0.1) is 6.26 Å². The van der Waals surface area contributed by atoms with Crippen molar-refractivity contribution in [1.82, 2.24) is 9.97 Å². The summed E-state index contributed by atoms with van der Waals surface area (Å²) in [6.45, 7) is 3.52. The first-order chi connectivity index (χ1) is 8.08. The van der Waals surface area contributed by atoms with Gasteiger partial charge in [-0.05, 0) is 31.6 Å². The van der Waals surface area contributed by atoms with Gasteiger partial charge in [0.25, 0.3) is 11.1 Å². The van der Waals surface area contributed by atoms with Crippen molar-refractivity contribution >= 4 is 11.6 Å². The van der Waals surface area contributed by atoms with Gasteiger partial charge in [0.1, 0.15) is 16.5 Å². The summed E-state index contributed by atoms with van der Waals surface area (Å²) in [5.74, 6) is 0.510. The maximum absolute atomic E-state index is 11.7. The van der Waals surface area contributed by atoms with E-state index in [0.717, 1.165) is 5.57 Å². The quantitative estimate of drug-likeness (QED) is 0.707. The van der Waals surface area contributed by atoms with Crippen LogP contribution in [0.4, 0.5) is 0 Å². The molecule has 0 amide bonds. The Hall–Kier alpha value is -2.30. The van der Waals surface area contributed by atoms with E-state index in [1.54, 1.807) is 26.0 Å². The molecule has 0 bridgehead atoms. The Morgan fingerprint density at radius 2 is 2.00 bits per heavy atom. The van der Waals surface area contributed by atoms with E-state index in [-0.39, 0.29) is 16.5 Å². The van der Waals surface area contributed by atoms with Crippen molar-refractivity contribution in [2.45, 2.75) is 13.8 Å². The molecular weight excluding hydrogens is 220 g/mol. The third kappa shape index (κ3) is 2.28. The molecule has 17 heavy (non-hydrogen) atoms. The van der Waals surface area contributed by atoms with Crippen LogP contribution in [0.25, 0.3) is 11.6 Å². The molecule has 0 aliphatic rings. The summed E-state index contributed by atoms with van der Waals surface area (Å²) >= 11 is 0. The molecule has 5 nitrogen and oxygen atoms in total. The van der Waals surface area contributed by atoms with Crippen LogP contribution in [0.15, 0.2) is 32.4 Å². The summed E-state index contributed by atoms with van der Waals surface area (Å²) in [6, 6.07) is 3.40. The third-order valence-electron chi connectivity index (χ3n) is 2.29. The van der Waals surface area contributed by atoms with E-state index in [2.05, 4.69) is 9.97 Å². The molecule has 0 aliphatic carbocycles. The zero-order valence-corrected chi connectivity index (χ0v) is 9.53. The number of hydrogen-bond donors (Lipinski definition) is 2. The van der Waals surface area contributed by atoms with Crippen LogP contribution in [0.3, 0.4) is 0 Å². The summed E-state index contributed by atoms with van der Waals surface area (Å²) in [6.07, 6.45) is 2.98. The molecule has 2 aromatic rings. The van der Waals surface area contributed by atoms with E-state index < -0.39 is 0 Å². The van der Waals surface area contributed by atoms with Gasteiger partial charge in [0, 0.05) is 6.08 Å². The highest BCUT2D eigenvalue weighted by Crippen LogP contribution is 1.98. The molecule has 0 saturated carbocycles. The Labute approximate surface area is 96.1 Å². The van der Waals surface area contributed by atoms with Crippen LogP contribution in [0.2, 0.25) is 0 Å². The Kier molecular flexibility index (Phi) is 2.82. The number of hydrogen-bond acceptors (Lipinski definition) is 3. The number of nitrogens with one attached hydrogen (secondary N) is 2. The first kappa shape index (κ1) is 11.2. The molecule has 2 N–H and O–H groups in total. The van der Waals surface area contributed by atoms with Gasteiger partial charge in [-0.25, -0.2) is 0 Å². The molecule has 0 saturated heterocycles. The molecule has 0 radical (unpaired) electrons. The molecule has 2 rings (SSSR count). The Morgan fingerprint density at radius 1 is 1.24 bits per heavy atom. The molecule has 88 valence electrons. The molecule has 0 fully saturated rings. The molecule has 2 aromatic heterocycles. The van der Waals surface area contributed by atoms with Gasteiger partial charge in [-0.3, -0.25) is 9.59 Å². The molecule has 0 unspecified atom stereocenters. The fraction of sp³-hybridized carbons (Fsp3) is 0.167. The van der Waals surface area contributed by atoms with Gasteiger partial charge in [0.2, 0.25) is 0 Å². The largest absolute Gasteiger partial charge is 0.465 e. The first-order valence-electron chi connectivity index (χ1n) is 5.13. The Morgan fingerprint density at radius 3 is 2.59 bits per heavy atom. The van der Waals surface area contributed by atoms with Gasteiger partial charge in [-0.1, -0.05) is 0 Å². The number of H-pyrrole nitrogens is 2. The average Bonchev–Trinajstić information content (AvgIpc) is 2.75. The Balaban J connectivity index is 2.77. The lowest BCUT2D eigenvalue weighted by Crippen LogP contribution is -2.47. The Bertz CT molecular complexity index is 744. The average molecular weight is 232 g/mol. The van der Waals surface area contributed by atoms with Gasteiger partial charge >= 0.3 is 0 Å². The predicted octanol–water partition coefficient (Wildman–Crippen LogP) is -0.325. The summed E-state index contributed by atoms with van der Waals surface area (Å²) < 4.78 is 5.07. The van der Waals surface area contributed by atoms with Crippen LogP contribution >= 0.6 is 0 Å².